The molecule has 0 spiro atoms. The van der Waals surface area contributed by atoms with E-state index in [2.05, 4.69) is 0 Å². The number of hydrogen-bond acceptors (Lipinski definition) is 4. The summed E-state index contributed by atoms with van der Waals surface area (Å²) in [6, 6.07) is 0. The maximum atomic E-state index is 12.4. The van der Waals surface area contributed by atoms with Gasteiger partial charge in [-0.15, -0.1) is 0 Å². The van der Waals surface area contributed by atoms with E-state index in [1.807, 2.05) is 4.74 Å². The number of rotatable bonds is 5. The minimum atomic E-state index is -7.12. The number of alkyl halides is 9. The number of halogens is 9. The fraction of sp³-hybridized carbons (Fsp3) is 1.00. The van der Waals surface area contributed by atoms with Gasteiger partial charge in [0.15, 0.2) is 10.1 Å². The molecule has 15 heteroatoms. The van der Waals surface area contributed by atoms with E-state index in [0.717, 1.165) is 0 Å². The zero-order valence-electron chi connectivity index (χ0n) is 8.44. The molecule has 0 aliphatic heterocycles. The van der Waals surface area contributed by atoms with Crippen LogP contribution in [0, 0.1) is 0 Å². The summed E-state index contributed by atoms with van der Waals surface area (Å²) in [5.41, 5.74) is 0. The molecule has 0 amide bonds. The molecule has 0 saturated heterocycles. The maximum absolute atomic E-state index is 12.4. The van der Waals surface area contributed by atoms with Crippen molar-refractivity contribution in [3.8, 4) is 0 Å². The van der Waals surface area contributed by atoms with Gasteiger partial charge in [-0.1, -0.05) is 0 Å². The molecule has 0 aliphatic rings. The molecule has 0 radical (unpaired) electrons. The Balaban J connectivity index is 0. The molecule has 0 aromatic heterocycles. The Morgan fingerprint density at radius 1 is 0.895 bits per heavy atom. The van der Waals surface area contributed by atoms with Crippen LogP contribution in [0.25, 0.3) is 0 Å². The van der Waals surface area contributed by atoms with Gasteiger partial charge in [0.05, 0.1) is 0 Å². The number of ether oxygens (including phenoxy) is 1. The predicted molar refractivity (Wildman–Crippen MR) is 44.6 cm³/mol. The Labute approximate surface area is 125 Å². The molecule has 0 N–H and O–H groups in total. The standard InChI is InChI=1S/C4HF8IO4S.Li/c5-1(6,13)2(7,8)17-3(9,10)4(11,12)18(14,15)16;/h(H,14,15,16);/q;+1/p-1. The molecule has 0 saturated carbocycles. The summed E-state index contributed by atoms with van der Waals surface area (Å²) in [7, 11) is -7.12. The maximum Gasteiger partial charge on any atom is 1.00 e. The van der Waals surface area contributed by atoms with Gasteiger partial charge in [-0.3, -0.25) is 0 Å². The average molecular weight is 430 g/mol. The van der Waals surface area contributed by atoms with Crippen LogP contribution in [0.5, 0.6) is 0 Å². The smallest absolute Gasteiger partial charge is 0.743 e. The summed E-state index contributed by atoms with van der Waals surface area (Å²) in [4.78, 5) is 0. The van der Waals surface area contributed by atoms with Crippen LogP contribution < -0.4 is 18.9 Å². The van der Waals surface area contributed by atoms with E-state index in [-0.39, 0.29) is 18.9 Å². The van der Waals surface area contributed by atoms with Crippen molar-refractivity contribution >= 4 is 32.7 Å². The molecule has 0 rings (SSSR count). The van der Waals surface area contributed by atoms with E-state index in [1.54, 1.807) is 0 Å². The molecule has 0 heterocycles. The van der Waals surface area contributed by atoms with Crippen molar-refractivity contribution < 1.29 is 71.7 Å². The minimum Gasteiger partial charge on any atom is -0.743 e. The average Bonchev–Trinajstić information content (AvgIpc) is 1.96. The fourth-order valence-electron chi connectivity index (χ4n) is 0.424. The largest absolute Gasteiger partial charge is 1.00 e. The zero-order chi connectivity index (χ0) is 15.2. The summed E-state index contributed by atoms with van der Waals surface area (Å²) in [6.07, 6.45) is -12.8. The normalized spacial score (nSPS) is 15.1. The van der Waals surface area contributed by atoms with Crippen LogP contribution in [-0.2, 0) is 14.9 Å². The molecule has 0 aromatic carbocycles. The van der Waals surface area contributed by atoms with Crippen molar-refractivity contribution in [2.75, 3.05) is 0 Å². The Bertz CT molecular complexity index is 419. The van der Waals surface area contributed by atoms with Gasteiger partial charge in [-0.2, -0.15) is 35.1 Å². The van der Waals surface area contributed by atoms with Gasteiger partial charge in [-0.05, 0) is 0 Å². The summed E-state index contributed by atoms with van der Waals surface area (Å²) in [5, 5.41) is -6.65. The van der Waals surface area contributed by atoms with E-state index in [1.165, 1.54) is 0 Å². The SMILES string of the molecule is O=S(=O)([O-])C(F)(F)C(F)(F)OC(F)(F)C(F)(F)I.[Li+]. The first-order chi connectivity index (χ1) is 7.46. The van der Waals surface area contributed by atoms with Gasteiger partial charge in [0, 0.05) is 22.6 Å². The van der Waals surface area contributed by atoms with Crippen molar-refractivity contribution in [3.05, 3.63) is 0 Å². The van der Waals surface area contributed by atoms with Crippen molar-refractivity contribution in [3.63, 3.8) is 0 Å². The van der Waals surface area contributed by atoms with Crippen LogP contribution in [0.15, 0.2) is 0 Å². The molecule has 0 bridgehead atoms. The van der Waals surface area contributed by atoms with Crippen LogP contribution in [0.4, 0.5) is 35.1 Å². The first-order valence-electron chi connectivity index (χ1n) is 3.31. The molecule has 0 aromatic rings. The summed E-state index contributed by atoms with van der Waals surface area (Å²) in [6.45, 7) is 0. The molecular weight excluding hydrogens is 430 g/mol. The van der Waals surface area contributed by atoms with Crippen LogP contribution >= 0.6 is 22.6 Å². The molecule has 0 atom stereocenters. The quantitative estimate of drug-likeness (QED) is 0.192. The summed E-state index contributed by atoms with van der Waals surface area (Å²) in [5.74, 6) is 0. The fourth-order valence-corrected chi connectivity index (χ4v) is 0.867. The van der Waals surface area contributed by atoms with Crippen LogP contribution in [0.2, 0.25) is 0 Å². The van der Waals surface area contributed by atoms with Crippen molar-refractivity contribution in [2.24, 2.45) is 0 Å². The van der Waals surface area contributed by atoms with Gasteiger partial charge in [0.1, 0.15) is 0 Å². The van der Waals surface area contributed by atoms with Crippen LogP contribution in [0.1, 0.15) is 0 Å². The predicted octanol–water partition coefficient (Wildman–Crippen LogP) is -0.642. The van der Waals surface area contributed by atoms with Gasteiger partial charge >= 0.3 is 40.3 Å². The second kappa shape index (κ2) is 5.79. The topological polar surface area (TPSA) is 66.4 Å². The molecule has 0 fully saturated rings. The van der Waals surface area contributed by atoms with E-state index in [9.17, 15) is 48.1 Å². The van der Waals surface area contributed by atoms with Crippen molar-refractivity contribution in [2.45, 2.75) is 21.4 Å². The Hall–Kier alpha value is 0.637. The Morgan fingerprint density at radius 3 is 1.42 bits per heavy atom. The van der Waals surface area contributed by atoms with Gasteiger partial charge in [-0.25, -0.2) is 13.2 Å². The monoisotopic (exact) mass is 430 g/mol. The molecule has 0 aliphatic carbocycles. The van der Waals surface area contributed by atoms with Gasteiger partial charge in [0.2, 0.25) is 0 Å². The molecule has 0 unspecified atom stereocenters. The third-order valence-electron chi connectivity index (χ3n) is 1.24. The zero-order valence-corrected chi connectivity index (χ0v) is 11.4. The minimum absolute atomic E-state index is 0. The second-order valence-electron chi connectivity index (χ2n) is 2.60. The van der Waals surface area contributed by atoms with E-state index >= 15 is 0 Å². The first kappa shape index (κ1) is 21.9. The summed E-state index contributed by atoms with van der Waals surface area (Å²) >= 11 is -0.406. The van der Waals surface area contributed by atoms with Crippen LogP contribution in [0.3, 0.4) is 0 Å². The first-order valence-corrected chi connectivity index (χ1v) is 5.80. The molecule has 110 valence electrons. The van der Waals surface area contributed by atoms with Crippen molar-refractivity contribution in [1.82, 2.24) is 0 Å². The van der Waals surface area contributed by atoms with E-state index < -0.39 is 54.1 Å². The van der Waals surface area contributed by atoms with E-state index in [0.29, 0.717) is 0 Å². The second-order valence-corrected chi connectivity index (χ2v) is 5.38. The third kappa shape index (κ3) is 4.56. The Morgan fingerprint density at radius 2 is 1.21 bits per heavy atom. The van der Waals surface area contributed by atoms with Crippen molar-refractivity contribution in [1.29, 1.82) is 0 Å². The third-order valence-corrected chi connectivity index (χ3v) is 2.73. The van der Waals surface area contributed by atoms with Crippen LogP contribution in [-0.4, -0.2) is 34.4 Å². The number of hydrogen-bond donors (Lipinski definition) is 0. The molecular formula is C4F8ILiO4S. The van der Waals surface area contributed by atoms with Gasteiger partial charge < -0.3 is 4.55 Å². The Kier molecular flexibility index (Phi) is 6.68. The molecule has 4 nitrogen and oxygen atoms in total. The van der Waals surface area contributed by atoms with E-state index in [4.69, 9.17) is 0 Å². The summed E-state index contributed by atoms with van der Waals surface area (Å²) < 4.78 is 123. The molecule has 19 heavy (non-hydrogen) atoms. The van der Waals surface area contributed by atoms with Gasteiger partial charge in [0.25, 0.3) is 0 Å².